The van der Waals surface area contributed by atoms with Crippen molar-refractivity contribution in [3.63, 3.8) is 0 Å². The Morgan fingerprint density at radius 3 is 2.65 bits per heavy atom. The van der Waals surface area contributed by atoms with E-state index in [9.17, 15) is 4.79 Å². The Bertz CT molecular complexity index is 1110. The van der Waals surface area contributed by atoms with Crippen LogP contribution in [-0.2, 0) is 6.42 Å². The van der Waals surface area contributed by atoms with E-state index in [-0.39, 0.29) is 5.91 Å². The highest BCUT2D eigenvalue weighted by molar-refractivity contribution is 9.10. The SMILES string of the molecule is CCCN(CC1CC1)C(=O)c1c(CC)nc2n(-c3ccc(C(C)C)cc3Br)c(Cl)cn12. The van der Waals surface area contributed by atoms with E-state index < -0.39 is 0 Å². The topological polar surface area (TPSA) is 42.5 Å². The third-order valence-corrected chi connectivity index (χ3v) is 6.89. The van der Waals surface area contributed by atoms with Gasteiger partial charge >= 0.3 is 0 Å². The van der Waals surface area contributed by atoms with E-state index in [0.29, 0.717) is 34.9 Å². The molecule has 0 aliphatic heterocycles. The molecule has 0 radical (unpaired) electrons. The summed E-state index contributed by atoms with van der Waals surface area (Å²) in [4.78, 5) is 20.5. The van der Waals surface area contributed by atoms with E-state index in [0.717, 1.165) is 35.4 Å². The van der Waals surface area contributed by atoms with Crippen LogP contribution in [0.4, 0.5) is 0 Å². The lowest BCUT2D eigenvalue weighted by Gasteiger charge is -2.22. The molecule has 1 amide bonds. The first-order chi connectivity index (χ1) is 14.8. The van der Waals surface area contributed by atoms with Gasteiger partial charge in [0.2, 0.25) is 5.78 Å². The molecule has 0 bridgehead atoms. The zero-order valence-corrected chi connectivity index (χ0v) is 21.0. The fourth-order valence-corrected chi connectivity index (χ4v) is 4.91. The third kappa shape index (κ3) is 4.29. The number of halogens is 2. The van der Waals surface area contributed by atoms with E-state index in [4.69, 9.17) is 16.6 Å². The smallest absolute Gasteiger partial charge is 0.272 e. The number of carbonyl (C=O) groups excluding carboxylic acids is 1. The summed E-state index contributed by atoms with van der Waals surface area (Å²) >= 11 is 10.4. The Balaban J connectivity index is 1.81. The highest BCUT2D eigenvalue weighted by atomic mass is 79.9. The maximum absolute atomic E-state index is 13.6. The molecule has 7 heteroatoms. The van der Waals surface area contributed by atoms with E-state index >= 15 is 0 Å². The molecule has 1 fully saturated rings. The van der Waals surface area contributed by atoms with Crippen LogP contribution in [0.3, 0.4) is 0 Å². The number of hydrogen-bond donors (Lipinski definition) is 0. The molecule has 0 unspecified atom stereocenters. The molecule has 31 heavy (non-hydrogen) atoms. The van der Waals surface area contributed by atoms with Gasteiger partial charge in [0.25, 0.3) is 5.91 Å². The van der Waals surface area contributed by atoms with Crippen molar-refractivity contribution >= 4 is 39.2 Å². The minimum atomic E-state index is 0.0566. The molecule has 0 spiro atoms. The third-order valence-electron chi connectivity index (χ3n) is 5.99. The second kappa shape index (κ2) is 8.99. The minimum absolute atomic E-state index is 0.0566. The summed E-state index contributed by atoms with van der Waals surface area (Å²) in [5.41, 5.74) is 3.62. The van der Waals surface area contributed by atoms with Crippen LogP contribution in [0, 0.1) is 5.92 Å². The van der Waals surface area contributed by atoms with Gasteiger partial charge in [0, 0.05) is 23.8 Å². The number of rotatable bonds is 8. The molecular weight excluding hydrogens is 476 g/mol. The molecule has 0 saturated heterocycles. The van der Waals surface area contributed by atoms with Crippen molar-refractivity contribution in [1.82, 2.24) is 18.9 Å². The van der Waals surface area contributed by atoms with Crippen LogP contribution >= 0.6 is 27.5 Å². The van der Waals surface area contributed by atoms with Crippen molar-refractivity contribution in [2.45, 2.75) is 59.3 Å². The molecule has 166 valence electrons. The van der Waals surface area contributed by atoms with Gasteiger partial charge in [-0.1, -0.05) is 45.4 Å². The number of amides is 1. The van der Waals surface area contributed by atoms with Gasteiger partial charge in [0.1, 0.15) is 10.8 Å². The van der Waals surface area contributed by atoms with Gasteiger partial charge < -0.3 is 4.90 Å². The van der Waals surface area contributed by atoms with E-state index in [1.807, 2.05) is 27.0 Å². The van der Waals surface area contributed by atoms with Gasteiger partial charge in [-0.05, 0) is 71.1 Å². The Kier molecular flexibility index (Phi) is 6.50. The summed E-state index contributed by atoms with van der Waals surface area (Å²) in [5, 5.41) is 0.529. The molecule has 3 aromatic rings. The van der Waals surface area contributed by atoms with E-state index in [1.165, 1.54) is 18.4 Å². The maximum Gasteiger partial charge on any atom is 0.272 e. The fraction of sp³-hybridized carbons (Fsp3) is 0.500. The highest BCUT2D eigenvalue weighted by Gasteiger charge is 2.31. The first-order valence-corrected chi connectivity index (χ1v) is 12.4. The minimum Gasteiger partial charge on any atom is -0.337 e. The normalized spacial score (nSPS) is 14.0. The van der Waals surface area contributed by atoms with Crippen LogP contribution in [0.2, 0.25) is 5.15 Å². The molecule has 5 nitrogen and oxygen atoms in total. The lowest BCUT2D eigenvalue weighted by Crippen LogP contribution is -2.35. The van der Waals surface area contributed by atoms with Gasteiger partial charge in [-0.15, -0.1) is 0 Å². The monoisotopic (exact) mass is 504 g/mol. The standard InChI is InChI=1S/C24H30BrClN4O/c1-5-11-28(13-16-7-8-16)23(31)22-19(6-2)27-24-29(22)14-21(26)30(24)20-10-9-17(15(3)4)12-18(20)25/h9-10,12,14-16H,5-8,11,13H2,1-4H3. The van der Waals surface area contributed by atoms with Gasteiger partial charge in [-0.3, -0.25) is 13.8 Å². The maximum atomic E-state index is 13.6. The van der Waals surface area contributed by atoms with Gasteiger partial charge in [-0.25, -0.2) is 4.98 Å². The number of fused-ring (bicyclic) bond motifs is 1. The Morgan fingerprint density at radius 1 is 1.32 bits per heavy atom. The summed E-state index contributed by atoms with van der Waals surface area (Å²) in [6.45, 7) is 10.1. The van der Waals surface area contributed by atoms with Crippen LogP contribution in [0.1, 0.15) is 74.6 Å². The van der Waals surface area contributed by atoms with Crippen molar-refractivity contribution < 1.29 is 4.79 Å². The van der Waals surface area contributed by atoms with Crippen LogP contribution in [0.15, 0.2) is 28.9 Å². The Hall–Kier alpha value is -1.79. The predicted molar refractivity (Wildman–Crippen MR) is 130 cm³/mol. The van der Waals surface area contributed by atoms with Gasteiger partial charge in [-0.2, -0.15) is 0 Å². The van der Waals surface area contributed by atoms with Gasteiger partial charge in [0.15, 0.2) is 0 Å². The fourth-order valence-electron chi connectivity index (χ4n) is 4.07. The molecule has 1 aliphatic rings. The lowest BCUT2D eigenvalue weighted by atomic mass is 10.0. The molecule has 0 atom stereocenters. The van der Waals surface area contributed by atoms with Crippen LogP contribution in [-0.4, -0.2) is 37.8 Å². The molecular formula is C24H30BrClN4O. The molecule has 1 aromatic carbocycles. The number of aryl methyl sites for hydroxylation is 1. The number of aromatic nitrogens is 3. The Labute approximate surface area is 197 Å². The zero-order valence-electron chi connectivity index (χ0n) is 18.7. The molecule has 4 rings (SSSR count). The first-order valence-electron chi connectivity index (χ1n) is 11.2. The zero-order chi connectivity index (χ0) is 22.3. The van der Waals surface area contributed by atoms with Crippen molar-refractivity contribution in [3.05, 3.63) is 51.0 Å². The number of imidazole rings is 2. The van der Waals surface area contributed by atoms with Crippen molar-refractivity contribution in [2.24, 2.45) is 5.92 Å². The molecule has 0 N–H and O–H groups in total. The average molecular weight is 506 g/mol. The number of hydrogen-bond acceptors (Lipinski definition) is 2. The highest BCUT2D eigenvalue weighted by Crippen LogP contribution is 2.33. The van der Waals surface area contributed by atoms with Crippen LogP contribution in [0.5, 0.6) is 0 Å². The van der Waals surface area contributed by atoms with Crippen LogP contribution < -0.4 is 0 Å². The van der Waals surface area contributed by atoms with Crippen molar-refractivity contribution in [1.29, 1.82) is 0 Å². The number of nitrogens with zero attached hydrogens (tertiary/aromatic N) is 4. The molecule has 2 aromatic heterocycles. The summed E-state index contributed by atoms with van der Waals surface area (Å²) < 4.78 is 4.74. The average Bonchev–Trinajstić information content (AvgIpc) is 3.41. The second-order valence-corrected chi connectivity index (χ2v) is 10.0. The van der Waals surface area contributed by atoms with Crippen molar-refractivity contribution in [2.75, 3.05) is 13.1 Å². The molecule has 2 heterocycles. The number of benzene rings is 1. The Morgan fingerprint density at radius 2 is 2.06 bits per heavy atom. The van der Waals surface area contributed by atoms with E-state index in [2.05, 4.69) is 54.9 Å². The van der Waals surface area contributed by atoms with Gasteiger partial charge in [0.05, 0.1) is 11.4 Å². The van der Waals surface area contributed by atoms with E-state index in [1.54, 1.807) is 0 Å². The quantitative estimate of drug-likeness (QED) is 0.351. The summed E-state index contributed by atoms with van der Waals surface area (Å²) in [5.74, 6) is 1.81. The summed E-state index contributed by atoms with van der Waals surface area (Å²) in [7, 11) is 0. The van der Waals surface area contributed by atoms with Crippen molar-refractivity contribution in [3.8, 4) is 5.69 Å². The predicted octanol–water partition coefficient (Wildman–Crippen LogP) is 6.49. The van der Waals surface area contributed by atoms with Crippen LogP contribution in [0.25, 0.3) is 11.5 Å². The number of carbonyl (C=O) groups is 1. The second-order valence-electron chi connectivity index (χ2n) is 8.78. The summed E-state index contributed by atoms with van der Waals surface area (Å²) in [6.07, 6.45) is 5.90. The molecule has 1 saturated carbocycles. The molecule has 1 aliphatic carbocycles. The summed E-state index contributed by atoms with van der Waals surface area (Å²) in [6, 6.07) is 6.30. The first kappa shape index (κ1) is 22.4. The lowest BCUT2D eigenvalue weighted by molar-refractivity contribution is 0.0739. The largest absolute Gasteiger partial charge is 0.337 e.